The van der Waals surface area contributed by atoms with Gasteiger partial charge in [-0.25, -0.2) is 0 Å². The molecule has 3 nitrogen and oxygen atoms in total. The van der Waals surface area contributed by atoms with E-state index in [4.69, 9.17) is 0 Å². The van der Waals surface area contributed by atoms with E-state index in [-0.39, 0.29) is 26.3 Å². The molecule has 2 aliphatic rings. The first-order valence-electron chi connectivity index (χ1n) is 11.6. The van der Waals surface area contributed by atoms with Gasteiger partial charge in [-0.2, -0.15) is 54.8 Å². The van der Waals surface area contributed by atoms with Crippen LogP contribution in [0.1, 0.15) is 28.4 Å². The van der Waals surface area contributed by atoms with Gasteiger partial charge < -0.3 is 15.2 Å². The van der Waals surface area contributed by atoms with Gasteiger partial charge in [0.1, 0.15) is 0 Å². The number of hydrogen-bond donors (Lipinski definition) is 0. The summed E-state index contributed by atoms with van der Waals surface area (Å²) in [5.74, 6) is 0. The van der Waals surface area contributed by atoms with Gasteiger partial charge in [0.25, 0.3) is 0 Å². The Bertz CT molecular complexity index is 1370. The molecule has 1 atom stereocenters. The van der Waals surface area contributed by atoms with Crippen LogP contribution in [0, 0.1) is 19.1 Å². The third-order valence-electron chi connectivity index (χ3n) is 6.29. The molecule has 0 amide bonds. The first-order valence-corrected chi connectivity index (χ1v) is 11.6. The van der Waals surface area contributed by atoms with Gasteiger partial charge in [-0.1, -0.05) is 42.8 Å². The predicted molar refractivity (Wildman–Crippen MR) is 135 cm³/mol. The molecule has 0 bridgehead atoms. The Labute approximate surface area is 228 Å². The first kappa shape index (κ1) is 26.6. The molecule has 1 unspecified atom stereocenters. The largest absolute Gasteiger partial charge is 3.00 e. The molecule has 0 saturated heterocycles. The second-order valence-electron chi connectivity index (χ2n) is 8.66. The van der Waals surface area contributed by atoms with E-state index < -0.39 is 11.7 Å². The van der Waals surface area contributed by atoms with Gasteiger partial charge in [-0.3, -0.25) is 0 Å². The molecule has 188 valence electrons. The van der Waals surface area contributed by atoms with Crippen LogP contribution >= 0.6 is 0 Å². The normalized spacial score (nSPS) is 15.5. The van der Waals surface area contributed by atoms with Crippen molar-refractivity contribution >= 4 is 0 Å². The smallest absolute Gasteiger partial charge is 0.668 e. The Morgan fingerprint density at radius 1 is 1.03 bits per heavy atom. The zero-order valence-electron chi connectivity index (χ0n) is 20.0. The fourth-order valence-corrected chi connectivity index (χ4v) is 4.39. The molecule has 0 spiro atoms. The number of nitrogens with zero attached hydrogens (tertiary/aromatic N) is 3. The van der Waals surface area contributed by atoms with Crippen molar-refractivity contribution in [2.75, 3.05) is 6.54 Å². The van der Waals surface area contributed by atoms with Gasteiger partial charge in [-0.05, 0) is 41.7 Å². The first-order chi connectivity index (χ1) is 17.4. The topological polar surface area (TPSA) is 30.2 Å². The molecule has 4 aromatic rings. The van der Waals surface area contributed by atoms with Crippen LogP contribution in [0.4, 0.5) is 13.2 Å². The summed E-state index contributed by atoms with van der Waals surface area (Å²) >= 11 is 0. The molecule has 0 aliphatic carbocycles. The van der Waals surface area contributed by atoms with E-state index in [0.29, 0.717) is 11.3 Å². The zero-order valence-corrected chi connectivity index (χ0v) is 22.4. The van der Waals surface area contributed by atoms with Gasteiger partial charge in [0, 0.05) is 18.3 Å². The van der Waals surface area contributed by atoms with E-state index in [2.05, 4.69) is 45.7 Å². The molecule has 0 saturated carbocycles. The summed E-state index contributed by atoms with van der Waals surface area (Å²) in [7, 11) is 0. The van der Waals surface area contributed by atoms with Gasteiger partial charge in [0.05, 0.1) is 0 Å². The summed E-state index contributed by atoms with van der Waals surface area (Å²) in [4.78, 5) is 6.63. The number of aryl methyl sites for hydroxylation is 1. The summed E-state index contributed by atoms with van der Waals surface area (Å²) in [6.45, 7) is 3.03. The summed E-state index contributed by atoms with van der Waals surface area (Å²) < 4.78 is 37.8. The quantitative estimate of drug-likeness (QED) is 0.204. The van der Waals surface area contributed by atoms with Crippen LogP contribution in [-0.4, -0.2) is 16.4 Å². The monoisotopic (exact) mass is 675 g/mol. The third-order valence-corrected chi connectivity index (χ3v) is 6.29. The van der Waals surface area contributed by atoms with Crippen LogP contribution in [-0.2, 0) is 32.7 Å². The average molecular weight is 675 g/mol. The molecule has 37 heavy (non-hydrogen) atoms. The van der Waals surface area contributed by atoms with Crippen molar-refractivity contribution in [1.82, 2.24) is 9.88 Å². The van der Waals surface area contributed by atoms with E-state index in [0.717, 1.165) is 41.8 Å². The molecule has 3 aromatic carbocycles. The molecule has 7 heteroatoms. The van der Waals surface area contributed by atoms with Crippen molar-refractivity contribution in [2.45, 2.75) is 25.7 Å². The standard InChI is InChI=1S/C19H13F3N.C11H10N2.Ir/c1-13-11-18(15-7-9-16(10-8-15)19(20,21)22)23-12-17(13)14-5-3-2-4-6-14;1-2-4-10-9(3-1)5-7-13-8-6-12-11(10)13;/h2-7,9-12H,1H3;1-3,6,8,11H,5,7H2;/q-1;-2;+3. The van der Waals surface area contributed by atoms with E-state index in [1.807, 2.05) is 55.6 Å². The van der Waals surface area contributed by atoms with Crippen LogP contribution in [0.2, 0.25) is 0 Å². The maximum atomic E-state index is 12.6. The van der Waals surface area contributed by atoms with Crippen molar-refractivity contribution in [3.05, 3.63) is 131 Å². The summed E-state index contributed by atoms with van der Waals surface area (Å²) in [5, 5.41) is 4.41. The van der Waals surface area contributed by atoms with Crippen LogP contribution in [0.3, 0.4) is 0 Å². The Hall–Kier alpha value is -3.41. The van der Waals surface area contributed by atoms with Gasteiger partial charge in [-0.15, -0.1) is 29.8 Å². The van der Waals surface area contributed by atoms with Crippen LogP contribution in [0.25, 0.3) is 27.7 Å². The average Bonchev–Trinajstić information content (AvgIpc) is 3.39. The van der Waals surface area contributed by atoms with Crippen LogP contribution in [0.5, 0.6) is 0 Å². The number of benzene rings is 3. The molecular formula is C30H23F3IrN3. The van der Waals surface area contributed by atoms with Crippen LogP contribution < -0.4 is 0 Å². The van der Waals surface area contributed by atoms with Crippen molar-refractivity contribution < 1.29 is 33.3 Å². The van der Waals surface area contributed by atoms with E-state index >= 15 is 0 Å². The zero-order chi connectivity index (χ0) is 25.1. The number of hydrogen-bond acceptors (Lipinski definition) is 2. The van der Waals surface area contributed by atoms with Crippen molar-refractivity contribution in [1.29, 1.82) is 0 Å². The molecule has 0 N–H and O–H groups in total. The maximum absolute atomic E-state index is 12.6. The molecule has 0 radical (unpaired) electrons. The summed E-state index contributed by atoms with van der Waals surface area (Å²) in [6.07, 6.45) is 2.67. The summed E-state index contributed by atoms with van der Waals surface area (Å²) in [6, 6.07) is 27.2. The van der Waals surface area contributed by atoms with Crippen LogP contribution in [0.15, 0.2) is 91.4 Å². The Morgan fingerprint density at radius 2 is 1.84 bits per heavy atom. The number of fused-ring (bicyclic) bond motifs is 3. The van der Waals surface area contributed by atoms with Crippen molar-refractivity contribution in [3.63, 3.8) is 0 Å². The molecular weight excluding hydrogens is 652 g/mol. The number of rotatable bonds is 2. The summed E-state index contributed by atoms with van der Waals surface area (Å²) in [5.41, 5.74) is 6.15. The van der Waals surface area contributed by atoms with Gasteiger partial charge in [0.15, 0.2) is 0 Å². The minimum Gasteiger partial charge on any atom is -0.668 e. The van der Waals surface area contributed by atoms with Crippen molar-refractivity contribution in [2.24, 2.45) is 0 Å². The number of halogens is 3. The third kappa shape index (κ3) is 5.95. The molecule has 3 heterocycles. The van der Waals surface area contributed by atoms with E-state index in [9.17, 15) is 13.2 Å². The predicted octanol–water partition coefficient (Wildman–Crippen LogP) is 7.74. The van der Waals surface area contributed by atoms with Gasteiger partial charge in [0.2, 0.25) is 0 Å². The molecule has 2 aliphatic heterocycles. The molecule has 0 fully saturated rings. The SMILES string of the molecule is Cc1cc(-c2[c-]cc(C(F)(F)F)cc2)ncc1-c1ccccc1.[Ir+3].[c-]1cccc2c1C1[N-]C=CN1CC2. The fourth-order valence-electron chi connectivity index (χ4n) is 4.39. The van der Waals surface area contributed by atoms with E-state index in [1.165, 1.54) is 17.2 Å². The number of pyridine rings is 1. The van der Waals surface area contributed by atoms with Gasteiger partial charge >= 0.3 is 26.3 Å². The number of alkyl halides is 3. The minimum absolute atomic E-state index is 0. The maximum Gasteiger partial charge on any atom is 3.00 e. The van der Waals surface area contributed by atoms with Crippen molar-refractivity contribution in [3.8, 4) is 22.4 Å². The Morgan fingerprint density at radius 3 is 2.54 bits per heavy atom. The fraction of sp³-hybridized carbons (Fsp3) is 0.167. The second-order valence-corrected chi connectivity index (χ2v) is 8.66. The second kappa shape index (κ2) is 11.3. The van der Waals surface area contributed by atoms with E-state index in [1.54, 1.807) is 6.20 Å². The Kier molecular flexibility index (Phi) is 8.16. The number of aromatic nitrogens is 1. The minimum atomic E-state index is -4.35. The molecule has 6 rings (SSSR count). The Balaban J connectivity index is 0.000000193. The molecule has 1 aromatic heterocycles.